The minimum Gasteiger partial charge on any atom is -0.495 e. The predicted octanol–water partition coefficient (Wildman–Crippen LogP) is 0.829. The highest BCUT2D eigenvalue weighted by molar-refractivity contribution is 5.96. The molecule has 0 spiro atoms. The summed E-state index contributed by atoms with van der Waals surface area (Å²) in [7, 11) is 1.53. The Bertz CT molecular complexity index is 474. The van der Waals surface area contributed by atoms with Crippen LogP contribution in [0, 0.1) is 0 Å². The van der Waals surface area contributed by atoms with Gasteiger partial charge >= 0.3 is 0 Å². The standard InChI is InChI=1S/C14H21N3O3/c1-4-17(14(19)10(2)15)9-13(18)16-11-7-5-6-8-12(11)20-3/h5-8,10H,4,9,15H2,1-3H3,(H,16,18). The molecule has 1 aromatic carbocycles. The highest BCUT2D eigenvalue weighted by atomic mass is 16.5. The molecule has 2 amide bonds. The molecule has 3 N–H and O–H groups in total. The number of rotatable bonds is 6. The molecule has 0 aliphatic heterocycles. The van der Waals surface area contributed by atoms with Gasteiger partial charge in [0.05, 0.1) is 25.4 Å². The lowest BCUT2D eigenvalue weighted by Crippen LogP contribution is -2.45. The molecule has 0 saturated carbocycles. The van der Waals surface area contributed by atoms with Crippen molar-refractivity contribution in [2.75, 3.05) is 25.5 Å². The van der Waals surface area contributed by atoms with Crippen LogP contribution in [0.4, 0.5) is 5.69 Å². The van der Waals surface area contributed by atoms with E-state index in [1.807, 2.05) is 6.07 Å². The Morgan fingerprint density at radius 3 is 2.60 bits per heavy atom. The van der Waals surface area contributed by atoms with Gasteiger partial charge in [-0.3, -0.25) is 9.59 Å². The van der Waals surface area contributed by atoms with E-state index in [9.17, 15) is 9.59 Å². The molecule has 0 bridgehead atoms. The third kappa shape index (κ3) is 4.24. The zero-order valence-corrected chi connectivity index (χ0v) is 12.1. The van der Waals surface area contributed by atoms with Gasteiger partial charge in [-0.25, -0.2) is 0 Å². The van der Waals surface area contributed by atoms with E-state index in [-0.39, 0.29) is 18.4 Å². The van der Waals surface area contributed by atoms with Crippen LogP contribution in [0.5, 0.6) is 5.75 Å². The number of methoxy groups -OCH3 is 1. The van der Waals surface area contributed by atoms with Gasteiger partial charge in [0.2, 0.25) is 11.8 Å². The number of carbonyl (C=O) groups excluding carboxylic acids is 2. The molecule has 6 heteroatoms. The number of para-hydroxylation sites is 2. The summed E-state index contributed by atoms with van der Waals surface area (Å²) in [5.74, 6) is 0.0374. The first-order valence-corrected chi connectivity index (χ1v) is 6.46. The minimum atomic E-state index is -0.617. The van der Waals surface area contributed by atoms with Crippen LogP contribution < -0.4 is 15.8 Å². The van der Waals surface area contributed by atoms with E-state index >= 15 is 0 Å². The van der Waals surface area contributed by atoms with E-state index < -0.39 is 6.04 Å². The third-order valence-electron chi connectivity index (χ3n) is 2.80. The Labute approximate surface area is 118 Å². The van der Waals surface area contributed by atoms with Gasteiger partial charge in [0, 0.05) is 6.54 Å². The second-order valence-corrected chi connectivity index (χ2v) is 4.39. The number of nitrogens with one attached hydrogen (secondary N) is 1. The van der Waals surface area contributed by atoms with Crippen LogP contribution in [0.15, 0.2) is 24.3 Å². The summed E-state index contributed by atoms with van der Waals surface area (Å²) in [5, 5.41) is 2.72. The molecule has 110 valence electrons. The monoisotopic (exact) mass is 279 g/mol. The van der Waals surface area contributed by atoms with Gasteiger partial charge in [0.25, 0.3) is 0 Å². The maximum Gasteiger partial charge on any atom is 0.244 e. The molecule has 0 saturated heterocycles. The van der Waals surface area contributed by atoms with Crippen LogP contribution in [0.25, 0.3) is 0 Å². The van der Waals surface area contributed by atoms with Crippen LogP contribution in [0.3, 0.4) is 0 Å². The van der Waals surface area contributed by atoms with E-state index in [0.717, 1.165) is 0 Å². The van der Waals surface area contributed by atoms with E-state index in [1.165, 1.54) is 12.0 Å². The van der Waals surface area contributed by atoms with Crippen LogP contribution in [0.2, 0.25) is 0 Å². The van der Waals surface area contributed by atoms with Gasteiger partial charge in [-0.1, -0.05) is 12.1 Å². The predicted molar refractivity (Wildman–Crippen MR) is 77.5 cm³/mol. The third-order valence-corrected chi connectivity index (χ3v) is 2.80. The molecular formula is C14H21N3O3. The lowest BCUT2D eigenvalue weighted by atomic mass is 10.2. The summed E-state index contributed by atoms with van der Waals surface area (Å²) in [6, 6.07) is 6.48. The van der Waals surface area contributed by atoms with E-state index in [1.54, 1.807) is 32.0 Å². The first-order valence-electron chi connectivity index (χ1n) is 6.46. The fraction of sp³-hybridized carbons (Fsp3) is 0.429. The Hall–Kier alpha value is -2.08. The van der Waals surface area contributed by atoms with Gasteiger partial charge in [0.15, 0.2) is 0 Å². The van der Waals surface area contributed by atoms with Gasteiger partial charge in [-0.15, -0.1) is 0 Å². The van der Waals surface area contributed by atoms with E-state index in [2.05, 4.69) is 5.32 Å². The first kappa shape index (κ1) is 16.0. The van der Waals surface area contributed by atoms with Gasteiger partial charge < -0.3 is 20.7 Å². The second kappa shape index (κ2) is 7.49. The number of nitrogens with two attached hydrogens (primary N) is 1. The average molecular weight is 279 g/mol. The summed E-state index contributed by atoms with van der Waals surface area (Å²) >= 11 is 0. The maximum absolute atomic E-state index is 12.0. The molecule has 0 aliphatic rings. The van der Waals surface area contributed by atoms with Crippen molar-refractivity contribution in [1.82, 2.24) is 4.90 Å². The van der Waals surface area contributed by atoms with Crippen LogP contribution in [-0.4, -0.2) is 43.0 Å². The topological polar surface area (TPSA) is 84.7 Å². The number of likely N-dealkylation sites (N-methyl/N-ethyl adjacent to an activating group) is 1. The van der Waals surface area contributed by atoms with Gasteiger partial charge in [-0.2, -0.15) is 0 Å². The normalized spacial score (nSPS) is 11.6. The van der Waals surface area contributed by atoms with Crippen molar-refractivity contribution in [3.8, 4) is 5.75 Å². The van der Waals surface area contributed by atoms with Crippen molar-refractivity contribution < 1.29 is 14.3 Å². The van der Waals surface area contributed by atoms with Gasteiger partial charge in [-0.05, 0) is 26.0 Å². The number of anilines is 1. The molecular weight excluding hydrogens is 258 g/mol. The molecule has 0 aliphatic carbocycles. The van der Waals surface area contributed by atoms with Crippen molar-refractivity contribution >= 4 is 17.5 Å². The van der Waals surface area contributed by atoms with Crippen molar-refractivity contribution in [2.24, 2.45) is 5.73 Å². The minimum absolute atomic E-state index is 0.0328. The highest BCUT2D eigenvalue weighted by Gasteiger charge is 2.19. The summed E-state index contributed by atoms with van der Waals surface area (Å²) in [4.78, 5) is 25.2. The lowest BCUT2D eigenvalue weighted by Gasteiger charge is -2.22. The molecule has 6 nitrogen and oxygen atoms in total. The molecule has 0 aromatic heterocycles. The zero-order valence-electron chi connectivity index (χ0n) is 12.1. The van der Waals surface area contributed by atoms with E-state index in [0.29, 0.717) is 18.0 Å². The second-order valence-electron chi connectivity index (χ2n) is 4.39. The van der Waals surface area contributed by atoms with Crippen molar-refractivity contribution in [2.45, 2.75) is 19.9 Å². The Kier molecular flexibility index (Phi) is 5.99. The van der Waals surface area contributed by atoms with Crippen molar-refractivity contribution in [3.63, 3.8) is 0 Å². The molecule has 20 heavy (non-hydrogen) atoms. The van der Waals surface area contributed by atoms with Crippen molar-refractivity contribution in [1.29, 1.82) is 0 Å². The largest absolute Gasteiger partial charge is 0.495 e. The quantitative estimate of drug-likeness (QED) is 0.807. The number of hydrogen-bond acceptors (Lipinski definition) is 4. The summed E-state index contributed by atoms with van der Waals surface area (Å²) in [6.45, 7) is 3.80. The fourth-order valence-corrected chi connectivity index (χ4v) is 1.74. The lowest BCUT2D eigenvalue weighted by molar-refractivity contribution is -0.135. The highest BCUT2D eigenvalue weighted by Crippen LogP contribution is 2.22. The molecule has 0 fully saturated rings. The Morgan fingerprint density at radius 2 is 2.05 bits per heavy atom. The molecule has 1 aromatic rings. The van der Waals surface area contributed by atoms with Gasteiger partial charge in [0.1, 0.15) is 5.75 Å². The van der Waals surface area contributed by atoms with Crippen LogP contribution >= 0.6 is 0 Å². The number of benzene rings is 1. The molecule has 0 radical (unpaired) electrons. The van der Waals surface area contributed by atoms with Crippen LogP contribution in [-0.2, 0) is 9.59 Å². The number of hydrogen-bond donors (Lipinski definition) is 2. The number of carbonyl (C=O) groups is 2. The first-order chi connectivity index (χ1) is 9.49. The number of ether oxygens (including phenoxy) is 1. The molecule has 0 heterocycles. The number of nitrogens with zero attached hydrogens (tertiary/aromatic N) is 1. The Morgan fingerprint density at radius 1 is 1.40 bits per heavy atom. The number of amides is 2. The maximum atomic E-state index is 12.0. The van der Waals surface area contributed by atoms with Crippen LogP contribution in [0.1, 0.15) is 13.8 Å². The van der Waals surface area contributed by atoms with Crippen molar-refractivity contribution in [3.05, 3.63) is 24.3 Å². The smallest absolute Gasteiger partial charge is 0.244 e. The molecule has 1 rings (SSSR count). The molecule has 1 atom stereocenters. The Balaban J connectivity index is 2.69. The average Bonchev–Trinajstić information content (AvgIpc) is 2.44. The zero-order chi connectivity index (χ0) is 15.1. The summed E-state index contributed by atoms with van der Waals surface area (Å²) < 4.78 is 5.15. The molecule has 1 unspecified atom stereocenters. The summed E-state index contributed by atoms with van der Waals surface area (Å²) in [5.41, 5.74) is 6.12. The SMILES string of the molecule is CCN(CC(=O)Nc1ccccc1OC)C(=O)C(C)N. The summed E-state index contributed by atoms with van der Waals surface area (Å²) in [6.07, 6.45) is 0. The fourth-order valence-electron chi connectivity index (χ4n) is 1.74. The van der Waals surface area contributed by atoms with E-state index in [4.69, 9.17) is 10.5 Å².